The second kappa shape index (κ2) is 4.75. The Kier molecular flexibility index (Phi) is 3.70. The van der Waals surface area contributed by atoms with Crippen LogP contribution in [0.4, 0.5) is 0 Å². The fraction of sp³-hybridized carbons (Fsp3) is 0.417. The summed E-state index contributed by atoms with van der Waals surface area (Å²) in [5.41, 5.74) is 0.377. The molecule has 0 aromatic heterocycles. The molecule has 0 spiro atoms. The van der Waals surface area contributed by atoms with Gasteiger partial charge in [0.2, 0.25) is 0 Å². The third-order valence-corrected chi connectivity index (χ3v) is 5.33. The lowest BCUT2D eigenvalue weighted by Gasteiger charge is -2.09. The molecule has 4 nitrogen and oxygen atoms in total. The van der Waals surface area contributed by atoms with Gasteiger partial charge in [0.05, 0.1) is 10.5 Å². The molecule has 7 heteroatoms. The van der Waals surface area contributed by atoms with Crippen LogP contribution in [-0.2, 0) is 9.05 Å². The van der Waals surface area contributed by atoms with Crippen LogP contribution in [0.5, 0.6) is 0 Å². The number of nitrogens with one attached hydrogen (secondary N) is 1. The summed E-state index contributed by atoms with van der Waals surface area (Å²) in [7, 11) is 1.44. The Bertz CT molecular complexity index is 642. The highest BCUT2D eigenvalue weighted by Gasteiger charge is 2.46. The standard InChI is InChI=1S/C12H13BrClNO3S/c1-12(2)6-10(12)15-11(16)8-5-7(19(14,17)18)3-4-9(8)13/h3-5,10H,6H2,1-2H3,(H,15,16). The monoisotopic (exact) mass is 365 g/mol. The molecule has 1 fully saturated rings. The number of carbonyl (C=O) groups is 1. The lowest BCUT2D eigenvalue weighted by molar-refractivity contribution is 0.0945. The van der Waals surface area contributed by atoms with Crippen molar-refractivity contribution in [3.05, 3.63) is 28.2 Å². The van der Waals surface area contributed by atoms with E-state index >= 15 is 0 Å². The van der Waals surface area contributed by atoms with E-state index in [-0.39, 0.29) is 27.8 Å². The summed E-state index contributed by atoms with van der Waals surface area (Å²) in [5.74, 6) is -0.301. The maximum Gasteiger partial charge on any atom is 0.261 e. The van der Waals surface area contributed by atoms with Gasteiger partial charge in [-0.3, -0.25) is 4.79 Å². The minimum Gasteiger partial charge on any atom is -0.349 e. The Morgan fingerprint density at radius 3 is 2.53 bits per heavy atom. The van der Waals surface area contributed by atoms with E-state index in [1.807, 2.05) is 0 Å². The van der Waals surface area contributed by atoms with Gasteiger partial charge in [-0.05, 0) is 46.0 Å². The quantitative estimate of drug-likeness (QED) is 0.837. The molecule has 1 amide bonds. The van der Waals surface area contributed by atoms with Crippen molar-refractivity contribution in [3.8, 4) is 0 Å². The summed E-state index contributed by atoms with van der Waals surface area (Å²) in [6.45, 7) is 4.12. The van der Waals surface area contributed by atoms with Gasteiger partial charge < -0.3 is 5.32 Å². The second-order valence-electron chi connectivity index (χ2n) is 5.30. The molecule has 2 rings (SSSR count). The first-order valence-corrected chi connectivity index (χ1v) is 8.76. The molecule has 1 aromatic carbocycles. The van der Waals surface area contributed by atoms with Crippen LogP contribution in [0.2, 0.25) is 0 Å². The van der Waals surface area contributed by atoms with Crippen LogP contribution in [0, 0.1) is 5.41 Å². The predicted octanol–water partition coefficient (Wildman–Crippen LogP) is 2.90. The largest absolute Gasteiger partial charge is 0.349 e. The van der Waals surface area contributed by atoms with E-state index in [0.29, 0.717) is 4.47 Å². The van der Waals surface area contributed by atoms with Gasteiger partial charge in [0, 0.05) is 21.2 Å². The summed E-state index contributed by atoms with van der Waals surface area (Å²) < 4.78 is 23.1. The van der Waals surface area contributed by atoms with Gasteiger partial charge in [-0.1, -0.05) is 13.8 Å². The van der Waals surface area contributed by atoms with Gasteiger partial charge in [0.1, 0.15) is 0 Å². The Morgan fingerprint density at radius 2 is 2.05 bits per heavy atom. The van der Waals surface area contributed by atoms with Crippen LogP contribution >= 0.6 is 26.6 Å². The lowest BCUT2D eigenvalue weighted by atomic mass is 10.1. The maximum absolute atomic E-state index is 12.1. The highest BCUT2D eigenvalue weighted by atomic mass is 79.9. The molecule has 0 bridgehead atoms. The molecule has 19 heavy (non-hydrogen) atoms. The fourth-order valence-corrected chi connectivity index (χ4v) is 2.98. The van der Waals surface area contributed by atoms with E-state index in [1.165, 1.54) is 18.2 Å². The van der Waals surface area contributed by atoms with E-state index in [4.69, 9.17) is 10.7 Å². The molecular weight excluding hydrogens is 354 g/mol. The lowest BCUT2D eigenvalue weighted by Crippen LogP contribution is -2.28. The minimum absolute atomic E-state index is 0.0856. The zero-order valence-electron chi connectivity index (χ0n) is 10.4. The average molecular weight is 367 g/mol. The van der Waals surface area contributed by atoms with Crippen LogP contribution in [0.15, 0.2) is 27.6 Å². The molecule has 104 valence electrons. The zero-order valence-corrected chi connectivity index (χ0v) is 13.6. The van der Waals surface area contributed by atoms with Crippen LogP contribution in [0.3, 0.4) is 0 Å². The first kappa shape index (κ1) is 14.8. The molecule has 1 aliphatic rings. The molecule has 1 atom stereocenters. The summed E-state index contributed by atoms with van der Waals surface area (Å²) >= 11 is 3.24. The fourth-order valence-electron chi connectivity index (χ4n) is 1.78. The molecule has 1 saturated carbocycles. The smallest absolute Gasteiger partial charge is 0.261 e. The summed E-state index contributed by atoms with van der Waals surface area (Å²) in [5, 5.41) is 2.87. The molecule has 1 N–H and O–H groups in total. The molecule has 0 heterocycles. The van der Waals surface area contributed by atoms with Crippen molar-refractivity contribution >= 4 is 41.6 Å². The molecule has 1 aromatic rings. The number of carbonyl (C=O) groups excluding carboxylic acids is 1. The third kappa shape index (κ3) is 3.30. The second-order valence-corrected chi connectivity index (χ2v) is 8.72. The Balaban J connectivity index is 2.26. The van der Waals surface area contributed by atoms with Gasteiger partial charge in [-0.2, -0.15) is 0 Å². The van der Waals surface area contributed by atoms with E-state index in [1.54, 1.807) is 0 Å². The van der Waals surface area contributed by atoms with E-state index in [2.05, 4.69) is 35.1 Å². The van der Waals surface area contributed by atoms with Gasteiger partial charge >= 0.3 is 0 Å². The molecule has 0 saturated heterocycles. The van der Waals surface area contributed by atoms with Gasteiger partial charge in [0.25, 0.3) is 15.0 Å². The van der Waals surface area contributed by atoms with Gasteiger partial charge in [-0.25, -0.2) is 8.42 Å². The molecular formula is C12H13BrClNO3S. The minimum atomic E-state index is -3.84. The topological polar surface area (TPSA) is 63.2 Å². The summed E-state index contributed by atoms with van der Waals surface area (Å²) in [6, 6.07) is 4.26. The van der Waals surface area contributed by atoms with Crippen LogP contribution < -0.4 is 5.32 Å². The molecule has 0 radical (unpaired) electrons. The van der Waals surface area contributed by atoms with Gasteiger partial charge in [-0.15, -0.1) is 0 Å². The van der Waals surface area contributed by atoms with Crippen molar-refractivity contribution < 1.29 is 13.2 Å². The SMILES string of the molecule is CC1(C)CC1NC(=O)c1cc(S(=O)(=O)Cl)ccc1Br. The number of hydrogen-bond acceptors (Lipinski definition) is 3. The summed E-state index contributed by atoms with van der Waals surface area (Å²) in [4.78, 5) is 12.0. The van der Waals surface area contributed by atoms with Crippen molar-refractivity contribution in [2.24, 2.45) is 5.41 Å². The zero-order chi connectivity index (χ0) is 14.4. The Hall–Kier alpha value is -0.590. The first-order chi connectivity index (χ1) is 8.61. The van der Waals surface area contributed by atoms with E-state index < -0.39 is 9.05 Å². The predicted molar refractivity (Wildman–Crippen MR) is 76.8 cm³/mol. The van der Waals surface area contributed by atoms with Crippen molar-refractivity contribution in [1.29, 1.82) is 0 Å². The van der Waals surface area contributed by atoms with Crippen molar-refractivity contribution in [2.45, 2.75) is 31.2 Å². The summed E-state index contributed by atoms with van der Waals surface area (Å²) in [6.07, 6.45) is 0.920. The molecule has 0 aliphatic heterocycles. The highest BCUT2D eigenvalue weighted by Crippen LogP contribution is 2.44. The highest BCUT2D eigenvalue weighted by molar-refractivity contribution is 9.10. The van der Waals surface area contributed by atoms with Crippen LogP contribution in [0.1, 0.15) is 30.6 Å². The van der Waals surface area contributed by atoms with Crippen molar-refractivity contribution in [2.75, 3.05) is 0 Å². The Morgan fingerprint density at radius 1 is 1.47 bits per heavy atom. The number of hydrogen-bond donors (Lipinski definition) is 1. The average Bonchev–Trinajstić information content (AvgIpc) is 2.84. The van der Waals surface area contributed by atoms with Crippen molar-refractivity contribution in [3.63, 3.8) is 0 Å². The van der Waals surface area contributed by atoms with Crippen molar-refractivity contribution in [1.82, 2.24) is 5.32 Å². The Labute approximate surface area is 125 Å². The normalized spacial score (nSPS) is 20.9. The number of benzene rings is 1. The van der Waals surface area contributed by atoms with E-state index in [0.717, 1.165) is 6.42 Å². The third-order valence-electron chi connectivity index (χ3n) is 3.28. The van der Waals surface area contributed by atoms with Crippen LogP contribution in [0.25, 0.3) is 0 Å². The number of rotatable bonds is 3. The number of amides is 1. The first-order valence-electron chi connectivity index (χ1n) is 5.66. The maximum atomic E-state index is 12.1. The van der Waals surface area contributed by atoms with Gasteiger partial charge in [0.15, 0.2) is 0 Å². The van der Waals surface area contributed by atoms with Crippen LogP contribution in [-0.4, -0.2) is 20.4 Å². The molecule has 1 aliphatic carbocycles. The molecule has 1 unspecified atom stereocenters. The van der Waals surface area contributed by atoms with E-state index in [9.17, 15) is 13.2 Å². The number of halogens is 2.